The Labute approximate surface area is 102 Å². The molecule has 2 unspecified atom stereocenters. The van der Waals surface area contributed by atoms with E-state index >= 15 is 0 Å². The van der Waals surface area contributed by atoms with E-state index in [-0.39, 0.29) is 12.3 Å². The lowest BCUT2D eigenvalue weighted by molar-refractivity contribution is -0.176. The number of esters is 1. The minimum absolute atomic E-state index is 0.0444. The molecule has 3 nitrogen and oxygen atoms in total. The molecule has 2 atom stereocenters. The first-order valence-corrected chi connectivity index (χ1v) is 6.17. The van der Waals surface area contributed by atoms with Gasteiger partial charge in [-0.05, 0) is 46.5 Å². The summed E-state index contributed by atoms with van der Waals surface area (Å²) in [6, 6.07) is 0. The number of carbonyl (C=O) groups excluding carboxylic acids is 2. The van der Waals surface area contributed by atoms with E-state index in [0.29, 0.717) is 19.3 Å². The predicted octanol–water partition coefficient (Wildman–Crippen LogP) is 2.82. The molecule has 4 heteroatoms. The molecular weight excluding hydrogens is 223 g/mol. The number of ketones is 1. The minimum atomic E-state index is -2.42. The summed E-state index contributed by atoms with van der Waals surface area (Å²) in [4.78, 5) is 23.7. The van der Waals surface area contributed by atoms with Crippen LogP contribution in [0.4, 0.5) is 4.39 Å². The number of rotatable bonds is 2. The lowest BCUT2D eigenvalue weighted by Gasteiger charge is -2.33. The molecule has 1 fully saturated rings. The number of halogens is 1. The maximum atomic E-state index is 14.5. The van der Waals surface area contributed by atoms with Gasteiger partial charge in [-0.3, -0.25) is 4.79 Å². The summed E-state index contributed by atoms with van der Waals surface area (Å²) in [6.45, 7) is 6.83. The molecule has 17 heavy (non-hydrogen) atoms. The van der Waals surface area contributed by atoms with Crippen LogP contribution in [0.5, 0.6) is 0 Å². The second kappa shape index (κ2) is 4.75. The van der Waals surface area contributed by atoms with Gasteiger partial charge in [0.1, 0.15) is 5.60 Å². The molecule has 0 aromatic rings. The van der Waals surface area contributed by atoms with E-state index in [1.807, 2.05) is 6.92 Å². The highest BCUT2D eigenvalue weighted by Crippen LogP contribution is 2.35. The van der Waals surface area contributed by atoms with Gasteiger partial charge in [0, 0.05) is 5.92 Å². The number of carbonyl (C=O) groups is 2. The van der Waals surface area contributed by atoms with Crippen molar-refractivity contribution in [3.8, 4) is 0 Å². The monoisotopic (exact) mass is 244 g/mol. The minimum Gasteiger partial charge on any atom is -0.457 e. The van der Waals surface area contributed by atoms with E-state index in [9.17, 15) is 14.0 Å². The molecule has 0 amide bonds. The zero-order chi connectivity index (χ0) is 13.3. The first-order valence-electron chi connectivity index (χ1n) is 6.17. The number of Topliss-reactive ketones (excluding diaryl/α,β-unsaturated/α-hetero) is 1. The van der Waals surface area contributed by atoms with E-state index in [1.54, 1.807) is 20.8 Å². The van der Waals surface area contributed by atoms with Crippen molar-refractivity contribution in [1.82, 2.24) is 0 Å². The van der Waals surface area contributed by atoms with E-state index in [2.05, 4.69) is 0 Å². The molecule has 0 bridgehead atoms. The van der Waals surface area contributed by atoms with Crippen LogP contribution >= 0.6 is 0 Å². The van der Waals surface area contributed by atoms with E-state index < -0.39 is 23.0 Å². The smallest absolute Gasteiger partial charge is 0.352 e. The van der Waals surface area contributed by atoms with Gasteiger partial charge in [0.05, 0.1) is 0 Å². The van der Waals surface area contributed by atoms with Gasteiger partial charge in [0.15, 0.2) is 5.78 Å². The normalized spacial score (nSPS) is 30.2. The molecule has 0 spiro atoms. The number of hydrogen-bond donors (Lipinski definition) is 0. The molecule has 1 saturated carbocycles. The standard InChI is InChI=1S/C13H21FO3/c1-5-9-7-6-8-13(14,10(9)15)11(16)17-12(2,3)4/h9H,5-8H2,1-4H3. The first kappa shape index (κ1) is 14.1. The van der Waals surface area contributed by atoms with Gasteiger partial charge >= 0.3 is 5.97 Å². The number of ether oxygens (including phenoxy) is 1. The van der Waals surface area contributed by atoms with Crippen LogP contribution < -0.4 is 0 Å². The van der Waals surface area contributed by atoms with Crippen LogP contribution in [0.3, 0.4) is 0 Å². The summed E-state index contributed by atoms with van der Waals surface area (Å²) in [5.74, 6) is -1.96. The van der Waals surface area contributed by atoms with Gasteiger partial charge in [-0.1, -0.05) is 6.92 Å². The highest BCUT2D eigenvalue weighted by molar-refractivity contribution is 6.08. The van der Waals surface area contributed by atoms with E-state index in [0.717, 1.165) is 0 Å². The summed E-state index contributed by atoms with van der Waals surface area (Å²) in [6.07, 6.45) is 1.76. The highest BCUT2D eigenvalue weighted by Gasteiger charge is 2.52. The van der Waals surface area contributed by atoms with Crippen molar-refractivity contribution in [2.24, 2.45) is 5.92 Å². The Morgan fingerprint density at radius 2 is 2.12 bits per heavy atom. The van der Waals surface area contributed by atoms with Crippen molar-refractivity contribution in [2.45, 2.75) is 64.6 Å². The van der Waals surface area contributed by atoms with Gasteiger partial charge < -0.3 is 4.74 Å². The molecule has 0 radical (unpaired) electrons. The zero-order valence-electron chi connectivity index (χ0n) is 11.0. The van der Waals surface area contributed by atoms with Gasteiger partial charge in [0.2, 0.25) is 0 Å². The Hall–Kier alpha value is -0.930. The zero-order valence-corrected chi connectivity index (χ0v) is 11.0. The van der Waals surface area contributed by atoms with Crippen molar-refractivity contribution in [3.05, 3.63) is 0 Å². The van der Waals surface area contributed by atoms with Gasteiger partial charge in [-0.25, -0.2) is 9.18 Å². The van der Waals surface area contributed by atoms with Gasteiger partial charge in [0.25, 0.3) is 5.67 Å². The molecule has 0 aliphatic heterocycles. The van der Waals surface area contributed by atoms with Crippen LogP contribution in [-0.4, -0.2) is 23.0 Å². The third-order valence-electron chi connectivity index (χ3n) is 3.05. The fourth-order valence-electron chi connectivity index (χ4n) is 2.12. The molecule has 0 saturated heterocycles. The maximum Gasteiger partial charge on any atom is 0.352 e. The molecule has 98 valence electrons. The maximum absolute atomic E-state index is 14.5. The summed E-state index contributed by atoms with van der Waals surface area (Å²) < 4.78 is 19.5. The molecule has 1 rings (SSSR count). The molecule has 0 aromatic heterocycles. The Morgan fingerprint density at radius 1 is 1.53 bits per heavy atom. The van der Waals surface area contributed by atoms with Crippen LogP contribution in [0, 0.1) is 5.92 Å². The SMILES string of the molecule is CCC1CCCC(F)(C(=O)OC(C)(C)C)C1=O. The Bertz CT molecular complexity index is 319. The largest absolute Gasteiger partial charge is 0.457 e. The average molecular weight is 244 g/mol. The van der Waals surface area contributed by atoms with Crippen molar-refractivity contribution in [1.29, 1.82) is 0 Å². The summed E-state index contributed by atoms with van der Waals surface area (Å²) in [7, 11) is 0. The Morgan fingerprint density at radius 3 is 2.59 bits per heavy atom. The van der Waals surface area contributed by atoms with Crippen LogP contribution in [0.1, 0.15) is 53.4 Å². The summed E-state index contributed by atoms with van der Waals surface area (Å²) in [5, 5.41) is 0. The van der Waals surface area contributed by atoms with Crippen molar-refractivity contribution < 1.29 is 18.7 Å². The highest BCUT2D eigenvalue weighted by atomic mass is 19.1. The van der Waals surface area contributed by atoms with Crippen LogP contribution in [0.25, 0.3) is 0 Å². The van der Waals surface area contributed by atoms with Crippen molar-refractivity contribution in [3.63, 3.8) is 0 Å². The summed E-state index contributed by atoms with van der Waals surface area (Å²) in [5.41, 5.74) is -3.19. The second-order valence-electron chi connectivity index (χ2n) is 5.66. The molecule has 1 aliphatic rings. The molecule has 0 heterocycles. The molecular formula is C13H21FO3. The topological polar surface area (TPSA) is 43.4 Å². The van der Waals surface area contributed by atoms with Gasteiger partial charge in [-0.15, -0.1) is 0 Å². The third kappa shape index (κ3) is 3.05. The van der Waals surface area contributed by atoms with E-state index in [1.165, 1.54) is 0 Å². The number of hydrogen-bond acceptors (Lipinski definition) is 3. The van der Waals surface area contributed by atoms with E-state index in [4.69, 9.17) is 4.74 Å². The Balaban J connectivity index is 2.85. The lowest BCUT2D eigenvalue weighted by atomic mass is 9.77. The average Bonchev–Trinajstić information content (AvgIpc) is 2.19. The van der Waals surface area contributed by atoms with Crippen molar-refractivity contribution >= 4 is 11.8 Å². The quantitative estimate of drug-likeness (QED) is 0.554. The number of alkyl halides is 1. The first-order chi connectivity index (χ1) is 7.70. The second-order valence-corrected chi connectivity index (χ2v) is 5.66. The third-order valence-corrected chi connectivity index (χ3v) is 3.05. The summed E-state index contributed by atoms with van der Waals surface area (Å²) >= 11 is 0. The van der Waals surface area contributed by atoms with Crippen LogP contribution in [-0.2, 0) is 14.3 Å². The molecule has 0 aromatic carbocycles. The fourth-order valence-corrected chi connectivity index (χ4v) is 2.12. The van der Waals surface area contributed by atoms with Crippen molar-refractivity contribution in [2.75, 3.05) is 0 Å². The predicted molar refractivity (Wildman–Crippen MR) is 62.3 cm³/mol. The Kier molecular flexibility index (Phi) is 3.95. The van der Waals surface area contributed by atoms with Gasteiger partial charge in [-0.2, -0.15) is 0 Å². The molecule has 1 aliphatic carbocycles. The molecule has 0 N–H and O–H groups in total. The van der Waals surface area contributed by atoms with Crippen LogP contribution in [0.2, 0.25) is 0 Å². The lowest BCUT2D eigenvalue weighted by Crippen LogP contribution is -2.51. The fraction of sp³-hybridized carbons (Fsp3) is 0.846. The van der Waals surface area contributed by atoms with Crippen LogP contribution in [0.15, 0.2) is 0 Å².